The van der Waals surface area contributed by atoms with Gasteiger partial charge in [0.1, 0.15) is 5.75 Å². The molecule has 1 N–H and O–H groups in total. The summed E-state index contributed by atoms with van der Waals surface area (Å²) in [6.45, 7) is 3.90. The van der Waals surface area contributed by atoms with Gasteiger partial charge in [-0.2, -0.15) is 0 Å². The zero-order valence-electron chi connectivity index (χ0n) is 13.5. The molecule has 1 aromatic rings. The van der Waals surface area contributed by atoms with E-state index in [1.165, 1.54) is 18.4 Å². The number of rotatable bonds is 4. The number of hydrogen-bond donors (Lipinski definition) is 1. The monoisotopic (exact) mass is 302 g/mol. The fourth-order valence-corrected chi connectivity index (χ4v) is 3.63. The second-order valence-corrected chi connectivity index (χ2v) is 6.65. The van der Waals surface area contributed by atoms with E-state index in [-0.39, 0.29) is 11.8 Å². The molecule has 0 radical (unpaired) electrons. The van der Waals surface area contributed by atoms with Crippen LogP contribution in [0.3, 0.4) is 0 Å². The van der Waals surface area contributed by atoms with Gasteiger partial charge >= 0.3 is 0 Å². The number of methoxy groups -OCH3 is 1. The van der Waals surface area contributed by atoms with E-state index < -0.39 is 0 Å². The van der Waals surface area contributed by atoms with E-state index in [9.17, 15) is 4.79 Å². The molecule has 3 unspecified atom stereocenters. The summed E-state index contributed by atoms with van der Waals surface area (Å²) in [5.74, 6) is 1.36. The van der Waals surface area contributed by atoms with Crippen LogP contribution in [0.25, 0.3) is 0 Å². The van der Waals surface area contributed by atoms with Crippen molar-refractivity contribution >= 4 is 5.91 Å². The van der Waals surface area contributed by atoms with E-state index in [4.69, 9.17) is 4.74 Å². The first-order chi connectivity index (χ1) is 10.7. The molecular formula is C18H26N2O2. The number of fused-ring (bicyclic) bond motifs is 2. The van der Waals surface area contributed by atoms with Crippen molar-refractivity contribution in [3.8, 4) is 5.75 Å². The lowest BCUT2D eigenvalue weighted by molar-refractivity contribution is -0.131. The van der Waals surface area contributed by atoms with Crippen molar-refractivity contribution in [1.82, 2.24) is 10.2 Å². The molecule has 0 spiro atoms. The van der Waals surface area contributed by atoms with E-state index in [1.807, 2.05) is 18.2 Å². The predicted octanol–water partition coefficient (Wildman–Crippen LogP) is 2.54. The molecule has 0 aliphatic carbocycles. The van der Waals surface area contributed by atoms with Crippen molar-refractivity contribution in [2.24, 2.45) is 0 Å². The number of benzene rings is 1. The van der Waals surface area contributed by atoms with Crippen molar-refractivity contribution < 1.29 is 9.53 Å². The molecule has 22 heavy (non-hydrogen) atoms. The molecule has 0 aromatic heterocycles. The molecule has 1 aromatic carbocycles. The van der Waals surface area contributed by atoms with Gasteiger partial charge in [0.2, 0.25) is 5.91 Å². The van der Waals surface area contributed by atoms with E-state index >= 15 is 0 Å². The van der Waals surface area contributed by atoms with Gasteiger partial charge in [0.25, 0.3) is 0 Å². The number of ether oxygens (including phenoxy) is 1. The highest BCUT2D eigenvalue weighted by atomic mass is 16.5. The molecule has 2 bridgehead atoms. The Labute approximate surface area is 132 Å². The van der Waals surface area contributed by atoms with E-state index in [0.29, 0.717) is 18.5 Å². The molecule has 2 aliphatic heterocycles. The van der Waals surface area contributed by atoms with Crippen molar-refractivity contribution in [3.63, 3.8) is 0 Å². The molecular weight excluding hydrogens is 276 g/mol. The molecule has 4 heteroatoms. The standard InChI is InChI=1S/C18H26N2O2/c1-13(14-4-3-5-17(11-14)22-2)10-18(21)20-9-8-15-6-7-16(12-20)19-15/h3-5,11,13,15-16,19H,6-10,12H2,1-2H3. The van der Waals surface area contributed by atoms with Crippen molar-refractivity contribution in [2.75, 3.05) is 20.2 Å². The Morgan fingerprint density at radius 3 is 3.00 bits per heavy atom. The van der Waals surface area contributed by atoms with Crippen LogP contribution >= 0.6 is 0 Å². The predicted molar refractivity (Wildman–Crippen MR) is 87.2 cm³/mol. The molecule has 0 saturated carbocycles. The summed E-state index contributed by atoms with van der Waals surface area (Å²) in [5.41, 5.74) is 1.17. The number of hydrogen-bond acceptors (Lipinski definition) is 3. The number of likely N-dealkylation sites (tertiary alicyclic amines) is 1. The fourth-order valence-electron chi connectivity index (χ4n) is 3.63. The topological polar surface area (TPSA) is 41.6 Å². The zero-order chi connectivity index (χ0) is 15.5. The third kappa shape index (κ3) is 3.43. The van der Waals surface area contributed by atoms with Gasteiger partial charge in [0.05, 0.1) is 7.11 Å². The summed E-state index contributed by atoms with van der Waals surface area (Å²) >= 11 is 0. The van der Waals surface area contributed by atoms with Gasteiger partial charge < -0.3 is 15.0 Å². The van der Waals surface area contributed by atoms with E-state index in [0.717, 1.165) is 25.3 Å². The molecule has 120 valence electrons. The van der Waals surface area contributed by atoms with Crippen LogP contribution in [0, 0.1) is 0 Å². The molecule has 1 amide bonds. The van der Waals surface area contributed by atoms with Crippen LogP contribution in [-0.2, 0) is 4.79 Å². The van der Waals surface area contributed by atoms with Crippen molar-refractivity contribution in [2.45, 2.75) is 50.6 Å². The van der Waals surface area contributed by atoms with Crippen LogP contribution in [-0.4, -0.2) is 43.1 Å². The Morgan fingerprint density at radius 2 is 2.18 bits per heavy atom. The molecule has 2 fully saturated rings. The summed E-state index contributed by atoms with van der Waals surface area (Å²) in [5, 5.41) is 3.63. The SMILES string of the molecule is COc1cccc(C(C)CC(=O)N2CCC3CCC(C2)N3)c1. The number of carbonyl (C=O) groups excluding carboxylic acids is 1. The first-order valence-electron chi connectivity index (χ1n) is 8.33. The maximum absolute atomic E-state index is 12.6. The normalized spacial score (nSPS) is 25.6. The number of nitrogens with zero attached hydrogens (tertiary/aromatic N) is 1. The Bertz CT molecular complexity index is 532. The fraction of sp³-hybridized carbons (Fsp3) is 0.611. The third-order valence-electron chi connectivity index (χ3n) is 5.02. The smallest absolute Gasteiger partial charge is 0.223 e. The van der Waals surface area contributed by atoms with E-state index in [1.54, 1.807) is 7.11 Å². The van der Waals surface area contributed by atoms with Gasteiger partial charge in [-0.15, -0.1) is 0 Å². The van der Waals surface area contributed by atoms with Gasteiger partial charge in [0.15, 0.2) is 0 Å². The van der Waals surface area contributed by atoms with Crippen LogP contribution in [0.1, 0.15) is 44.1 Å². The summed E-state index contributed by atoms with van der Waals surface area (Å²) in [6.07, 6.45) is 4.15. The quantitative estimate of drug-likeness (QED) is 0.929. The highest BCUT2D eigenvalue weighted by molar-refractivity contribution is 5.77. The Balaban J connectivity index is 1.60. The third-order valence-corrected chi connectivity index (χ3v) is 5.02. The summed E-state index contributed by atoms with van der Waals surface area (Å²) in [6, 6.07) is 9.16. The average Bonchev–Trinajstić information content (AvgIpc) is 2.86. The molecule has 2 aliphatic rings. The van der Waals surface area contributed by atoms with Crippen LogP contribution in [0.15, 0.2) is 24.3 Å². The molecule has 3 rings (SSSR count). The molecule has 3 atom stereocenters. The van der Waals surface area contributed by atoms with Crippen molar-refractivity contribution in [1.29, 1.82) is 0 Å². The average molecular weight is 302 g/mol. The second-order valence-electron chi connectivity index (χ2n) is 6.65. The van der Waals surface area contributed by atoms with Gasteiger partial charge in [0, 0.05) is 31.6 Å². The number of carbonyl (C=O) groups is 1. The van der Waals surface area contributed by atoms with Gasteiger partial charge in [-0.05, 0) is 42.9 Å². The van der Waals surface area contributed by atoms with Crippen LogP contribution in [0.4, 0.5) is 0 Å². The minimum absolute atomic E-state index is 0.219. The first-order valence-corrected chi connectivity index (χ1v) is 8.33. The largest absolute Gasteiger partial charge is 0.497 e. The maximum atomic E-state index is 12.6. The van der Waals surface area contributed by atoms with Crippen LogP contribution in [0.5, 0.6) is 5.75 Å². The van der Waals surface area contributed by atoms with Gasteiger partial charge in [-0.3, -0.25) is 4.79 Å². The van der Waals surface area contributed by atoms with Gasteiger partial charge in [-0.25, -0.2) is 0 Å². The lowest BCUT2D eigenvalue weighted by Gasteiger charge is -2.26. The molecule has 4 nitrogen and oxygen atoms in total. The van der Waals surface area contributed by atoms with E-state index in [2.05, 4.69) is 23.2 Å². The summed E-state index contributed by atoms with van der Waals surface area (Å²) in [7, 11) is 1.67. The zero-order valence-corrected chi connectivity index (χ0v) is 13.5. The Hall–Kier alpha value is -1.55. The minimum Gasteiger partial charge on any atom is -0.497 e. The highest BCUT2D eigenvalue weighted by Gasteiger charge is 2.31. The first kappa shape index (κ1) is 15.3. The molecule has 2 saturated heterocycles. The lowest BCUT2D eigenvalue weighted by atomic mass is 9.96. The number of amides is 1. The van der Waals surface area contributed by atoms with Crippen molar-refractivity contribution in [3.05, 3.63) is 29.8 Å². The van der Waals surface area contributed by atoms with Crippen LogP contribution < -0.4 is 10.1 Å². The summed E-state index contributed by atoms with van der Waals surface area (Å²) in [4.78, 5) is 14.7. The second kappa shape index (κ2) is 6.69. The summed E-state index contributed by atoms with van der Waals surface area (Å²) < 4.78 is 5.27. The molecule has 2 heterocycles. The van der Waals surface area contributed by atoms with Gasteiger partial charge in [-0.1, -0.05) is 19.1 Å². The lowest BCUT2D eigenvalue weighted by Crippen LogP contribution is -2.39. The Kier molecular flexibility index (Phi) is 4.67. The minimum atomic E-state index is 0.219. The maximum Gasteiger partial charge on any atom is 0.223 e. The highest BCUT2D eigenvalue weighted by Crippen LogP contribution is 2.26. The van der Waals surface area contributed by atoms with Crippen LogP contribution in [0.2, 0.25) is 0 Å². The number of nitrogens with one attached hydrogen (secondary N) is 1. The Morgan fingerprint density at radius 1 is 1.36 bits per heavy atom.